The van der Waals surface area contributed by atoms with Crippen LogP contribution >= 0.6 is 34.9 Å². The van der Waals surface area contributed by atoms with Crippen molar-refractivity contribution in [2.75, 3.05) is 11.4 Å². The highest BCUT2D eigenvalue weighted by Crippen LogP contribution is 2.21. The number of aromatic amines is 1. The van der Waals surface area contributed by atoms with Crippen LogP contribution in [0.25, 0.3) is 0 Å². The molecule has 2 rings (SSSR count). The zero-order valence-electron chi connectivity index (χ0n) is 8.27. The highest BCUT2D eigenvalue weighted by atomic mass is 32.1. The molecule has 6 heteroatoms. The molecule has 80 valence electrons. The quantitative estimate of drug-likeness (QED) is 0.853. The van der Waals surface area contributed by atoms with Crippen LogP contribution in [0.1, 0.15) is 11.8 Å². The van der Waals surface area contributed by atoms with Gasteiger partial charge in [0.2, 0.25) is 5.13 Å². The van der Waals surface area contributed by atoms with Crippen molar-refractivity contribution in [2.24, 2.45) is 0 Å². The van der Waals surface area contributed by atoms with E-state index in [1.807, 2.05) is 0 Å². The van der Waals surface area contributed by atoms with Gasteiger partial charge in [-0.15, -0.1) is 16.4 Å². The zero-order chi connectivity index (χ0) is 10.7. The van der Waals surface area contributed by atoms with Crippen LogP contribution in [0.2, 0.25) is 0 Å². The predicted molar refractivity (Wildman–Crippen MR) is 68.3 cm³/mol. The monoisotopic (exact) mass is 257 g/mol. The lowest BCUT2D eigenvalue weighted by Crippen LogP contribution is -2.21. The second kappa shape index (κ2) is 4.87. The summed E-state index contributed by atoms with van der Waals surface area (Å²) in [6, 6.07) is 4.21. The normalized spacial score (nSPS) is 10.5. The van der Waals surface area contributed by atoms with E-state index in [0.717, 1.165) is 22.2 Å². The third-order valence-corrected chi connectivity index (χ3v) is 4.02. The van der Waals surface area contributed by atoms with E-state index in [2.05, 4.69) is 39.5 Å². The number of H-pyrrole nitrogens is 1. The van der Waals surface area contributed by atoms with Gasteiger partial charge >= 0.3 is 0 Å². The highest BCUT2D eigenvalue weighted by molar-refractivity contribution is 7.73. The second-order valence-electron chi connectivity index (χ2n) is 2.99. The third-order valence-electron chi connectivity index (χ3n) is 2.01. The highest BCUT2D eigenvalue weighted by Gasteiger charge is 2.08. The summed E-state index contributed by atoms with van der Waals surface area (Å²) in [5, 5.41) is 10.1. The standard InChI is InChI=1S/C9H11N3S3/c1-2-12(6-7-4-3-5-14-7)8-10-11-9(13)15-8/h3-5H,2,6H2,1H3,(H,11,13). The van der Waals surface area contributed by atoms with Gasteiger partial charge in [-0.3, -0.25) is 5.10 Å². The summed E-state index contributed by atoms with van der Waals surface area (Å²) < 4.78 is 0.731. The van der Waals surface area contributed by atoms with Crippen LogP contribution in [0.15, 0.2) is 17.5 Å². The molecule has 0 fully saturated rings. The molecule has 0 atom stereocenters. The van der Waals surface area contributed by atoms with Gasteiger partial charge in [0.15, 0.2) is 3.95 Å². The van der Waals surface area contributed by atoms with Crippen molar-refractivity contribution in [3.05, 3.63) is 26.3 Å². The summed E-state index contributed by atoms with van der Waals surface area (Å²) in [7, 11) is 0. The summed E-state index contributed by atoms with van der Waals surface area (Å²) >= 11 is 8.31. The molecule has 0 amide bonds. The first-order valence-electron chi connectivity index (χ1n) is 4.62. The van der Waals surface area contributed by atoms with Gasteiger partial charge in [-0.2, -0.15) is 0 Å². The lowest BCUT2D eigenvalue weighted by atomic mass is 10.4. The maximum absolute atomic E-state index is 5.02. The minimum atomic E-state index is 0.731. The van der Waals surface area contributed by atoms with Gasteiger partial charge in [0.05, 0.1) is 6.54 Å². The van der Waals surface area contributed by atoms with E-state index in [1.54, 1.807) is 11.3 Å². The van der Waals surface area contributed by atoms with Crippen molar-refractivity contribution in [2.45, 2.75) is 13.5 Å². The molecule has 0 radical (unpaired) electrons. The number of hydrogen-bond donors (Lipinski definition) is 1. The van der Waals surface area contributed by atoms with Crippen molar-refractivity contribution in [1.29, 1.82) is 0 Å². The first-order chi connectivity index (χ1) is 7.29. The fourth-order valence-electron chi connectivity index (χ4n) is 1.26. The summed E-state index contributed by atoms with van der Waals surface area (Å²) in [4.78, 5) is 3.56. The van der Waals surface area contributed by atoms with Crippen LogP contribution in [-0.4, -0.2) is 16.7 Å². The molecule has 2 aromatic heterocycles. The van der Waals surface area contributed by atoms with Crippen molar-refractivity contribution >= 4 is 40.0 Å². The van der Waals surface area contributed by atoms with Crippen molar-refractivity contribution in [1.82, 2.24) is 10.2 Å². The Balaban J connectivity index is 2.14. The second-order valence-corrected chi connectivity index (χ2v) is 5.67. The average molecular weight is 257 g/mol. The van der Waals surface area contributed by atoms with Crippen LogP contribution in [0.5, 0.6) is 0 Å². The van der Waals surface area contributed by atoms with Crippen molar-refractivity contribution in [3.8, 4) is 0 Å². The SMILES string of the molecule is CCN(Cc1cccs1)c1n[nH]c(=S)s1. The predicted octanol–water partition coefficient (Wildman–Crippen LogP) is 3.29. The number of hydrogen-bond acceptors (Lipinski definition) is 5. The molecular formula is C9H11N3S3. The molecular weight excluding hydrogens is 246 g/mol. The van der Waals surface area contributed by atoms with E-state index in [4.69, 9.17) is 12.2 Å². The minimum absolute atomic E-state index is 0.731. The molecule has 0 spiro atoms. The van der Waals surface area contributed by atoms with Crippen molar-refractivity contribution in [3.63, 3.8) is 0 Å². The Morgan fingerprint density at radius 3 is 3.00 bits per heavy atom. The van der Waals surface area contributed by atoms with Gasteiger partial charge in [0.25, 0.3) is 0 Å². The fraction of sp³-hybridized carbons (Fsp3) is 0.333. The van der Waals surface area contributed by atoms with Crippen LogP contribution < -0.4 is 4.90 Å². The Morgan fingerprint density at radius 1 is 1.60 bits per heavy atom. The van der Waals surface area contributed by atoms with Gasteiger partial charge in [-0.05, 0) is 30.6 Å². The molecule has 0 aliphatic heterocycles. The summed E-state index contributed by atoms with van der Waals surface area (Å²) in [6.45, 7) is 3.97. The lowest BCUT2D eigenvalue weighted by molar-refractivity contribution is 0.824. The average Bonchev–Trinajstić information content (AvgIpc) is 2.85. The molecule has 2 heterocycles. The summed E-state index contributed by atoms with van der Waals surface area (Å²) in [6.07, 6.45) is 0. The van der Waals surface area contributed by atoms with Gasteiger partial charge in [-0.1, -0.05) is 17.4 Å². The lowest BCUT2D eigenvalue weighted by Gasteiger charge is -2.17. The maximum Gasteiger partial charge on any atom is 0.207 e. The largest absolute Gasteiger partial charge is 0.342 e. The Morgan fingerprint density at radius 2 is 2.47 bits per heavy atom. The van der Waals surface area contributed by atoms with E-state index in [1.165, 1.54) is 16.2 Å². The topological polar surface area (TPSA) is 31.9 Å². The summed E-state index contributed by atoms with van der Waals surface area (Å²) in [5.74, 6) is 0. The number of nitrogens with zero attached hydrogens (tertiary/aromatic N) is 2. The molecule has 0 aliphatic carbocycles. The molecule has 0 bridgehead atoms. The van der Waals surface area contributed by atoms with Crippen LogP contribution in [0.3, 0.4) is 0 Å². The first kappa shape index (κ1) is 10.8. The fourth-order valence-corrected chi connectivity index (χ4v) is 2.92. The number of anilines is 1. The zero-order valence-corrected chi connectivity index (χ0v) is 10.7. The van der Waals surface area contributed by atoms with E-state index >= 15 is 0 Å². The molecule has 15 heavy (non-hydrogen) atoms. The molecule has 0 aromatic carbocycles. The smallest absolute Gasteiger partial charge is 0.207 e. The Hall–Kier alpha value is -0.720. The molecule has 0 saturated carbocycles. The van der Waals surface area contributed by atoms with E-state index in [9.17, 15) is 0 Å². The third kappa shape index (κ3) is 2.64. The maximum atomic E-state index is 5.02. The van der Waals surface area contributed by atoms with Gasteiger partial charge in [0.1, 0.15) is 0 Å². The molecule has 2 aromatic rings. The molecule has 3 nitrogen and oxygen atoms in total. The Kier molecular flexibility index (Phi) is 3.50. The summed E-state index contributed by atoms with van der Waals surface area (Å²) in [5.41, 5.74) is 0. The Labute approximate surface area is 101 Å². The van der Waals surface area contributed by atoms with Crippen LogP contribution in [-0.2, 0) is 6.54 Å². The Bertz CT molecular complexity index is 457. The molecule has 0 unspecified atom stereocenters. The van der Waals surface area contributed by atoms with E-state index < -0.39 is 0 Å². The van der Waals surface area contributed by atoms with Gasteiger partial charge < -0.3 is 4.90 Å². The first-order valence-corrected chi connectivity index (χ1v) is 6.73. The number of thiophene rings is 1. The minimum Gasteiger partial charge on any atom is -0.342 e. The molecule has 0 saturated heterocycles. The van der Waals surface area contributed by atoms with Crippen molar-refractivity contribution < 1.29 is 0 Å². The van der Waals surface area contributed by atoms with Crippen LogP contribution in [0.4, 0.5) is 5.13 Å². The van der Waals surface area contributed by atoms with Crippen LogP contribution in [0, 0.1) is 3.95 Å². The molecule has 0 aliphatic rings. The van der Waals surface area contributed by atoms with E-state index in [-0.39, 0.29) is 0 Å². The van der Waals surface area contributed by atoms with Gasteiger partial charge in [-0.25, -0.2) is 0 Å². The molecule has 1 N–H and O–H groups in total. The number of aromatic nitrogens is 2. The van der Waals surface area contributed by atoms with E-state index in [0.29, 0.717) is 0 Å². The number of rotatable bonds is 4. The number of nitrogens with one attached hydrogen (secondary N) is 1. The van der Waals surface area contributed by atoms with Gasteiger partial charge in [0, 0.05) is 11.4 Å².